The molecule has 0 N–H and O–H groups in total. The van der Waals surface area contributed by atoms with Crippen LogP contribution in [-0.4, -0.2) is 0 Å². The van der Waals surface area contributed by atoms with Gasteiger partial charge in [-0.2, -0.15) is 6.07 Å². The van der Waals surface area contributed by atoms with Gasteiger partial charge in [0.25, 0.3) is 0 Å². The number of fused-ring (bicyclic) bond motifs is 1. The van der Waals surface area contributed by atoms with Crippen LogP contribution < -0.4 is 18.9 Å². The standard InChI is InChI=1S/C19H25.Li/c1-13(2)16-10-8-14(3)12-19(16)18-11-9-15-6-4-5-7-17(15)18;/h4-7,9,11,13-14,16,19H,8,10,12H2,1-3H3;/q-1;+1. The predicted molar refractivity (Wildman–Crippen MR) is 83.6 cm³/mol. The molecule has 3 atom stereocenters. The van der Waals surface area contributed by atoms with Crippen LogP contribution in [-0.2, 0) is 0 Å². The van der Waals surface area contributed by atoms with Gasteiger partial charge in [0.05, 0.1) is 0 Å². The maximum absolute atomic E-state index is 2.43. The monoisotopic (exact) mass is 260 g/mol. The Bertz CT molecular complexity index is 552. The van der Waals surface area contributed by atoms with Crippen LogP contribution in [0.2, 0.25) is 0 Å². The van der Waals surface area contributed by atoms with Gasteiger partial charge in [0.1, 0.15) is 0 Å². The summed E-state index contributed by atoms with van der Waals surface area (Å²) in [5.41, 5.74) is 1.61. The third-order valence-corrected chi connectivity index (χ3v) is 5.14. The summed E-state index contributed by atoms with van der Waals surface area (Å²) in [7, 11) is 0. The molecule has 3 unspecified atom stereocenters. The number of hydrogen-bond donors (Lipinski definition) is 0. The minimum Gasteiger partial charge on any atom is -0.168 e. The molecule has 0 saturated heterocycles. The first-order valence-electron chi connectivity index (χ1n) is 7.81. The molecule has 1 heteroatoms. The molecule has 0 aliphatic heterocycles. The summed E-state index contributed by atoms with van der Waals surface area (Å²) in [6.07, 6.45) is 4.19. The van der Waals surface area contributed by atoms with Crippen molar-refractivity contribution >= 4 is 10.8 Å². The second-order valence-corrected chi connectivity index (χ2v) is 6.81. The smallest absolute Gasteiger partial charge is 0.168 e. The van der Waals surface area contributed by atoms with E-state index in [0.717, 1.165) is 23.7 Å². The van der Waals surface area contributed by atoms with Crippen molar-refractivity contribution in [3.05, 3.63) is 42.0 Å². The van der Waals surface area contributed by atoms with E-state index in [0.29, 0.717) is 0 Å². The van der Waals surface area contributed by atoms with Crippen molar-refractivity contribution in [3.63, 3.8) is 0 Å². The second-order valence-electron chi connectivity index (χ2n) is 6.81. The Morgan fingerprint density at radius 3 is 2.60 bits per heavy atom. The van der Waals surface area contributed by atoms with Gasteiger partial charge in [0, 0.05) is 0 Å². The normalized spacial score (nSPS) is 26.7. The van der Waals surface area contributed by atoms with E-state index in [4.69, 9.17) is 0 Å². The van der Waals surface area contributed by atoms with Gasteiger partial charge >= 0.3 is 18.9 Å². The van der Waals surface area contributed by atoms with Crippen LogP contribution in [0.4, 0.5) is 0 Å². The van der Waals surface area contributed by atoms with E-state index < -0.39 is 0 Å². The second kappa shape index (κ2) is 6.46. The molecule has 0 heterocycles. The Hall–Kier alpha value is -0.573. The first-order valence-corrected chi connectivity index (χ1v) is 7.81. The van der Waals surface area contributed by atoms with Crippen LogP contribution in [0.3, 0.4) is 0 Å². The van der Waals surface area contributed by atoms with E-state index in [1.165, 1.54) is 30.0 Å². The van der Waals surface area contributed by atoms with Crippen LogP contribution in [0.5, 0.6) is 0 Å². The number of benzene rings is 1. The van der Waals surface area contributed by atoms with Gasteiger partial charge in [0.2, 0.25) is 0 Å². The molecule has 0 bridgehead atoms. The van der Waals surface area contributed by atoms with Crippen molar-refractivity contribution in [2.45, 2.75) is 46.0 Å². The molecular weight excluding hydrogens is 235 g/mol. The van der Waals surface area contributed by atoms with E-state index >= 15 is 0 Å². The summed E-state index contributed by atoms with van der Waals surface area (Å²) in [5.74, 6) is 3.31. The molecule has 0 radical (unpaired) electrons. The maximum atomic E-state index is 2.43. The largest absolute Gasteiger partial charge is 1.00 e. The quantitative estimate of drug-likeness (QED) is 0.575. The summed E-state index contributed by atoms with van der Waals surface area (Å²) >= 11 is 0. The maximum Gasteiger partial charge on any atom is 1.00 e. The number of hydrogen-bond acceptors (Lipinski definition) is 0. The van der Waals surface area contributed by atoms with E-state index in [-0.39, 0.29) is 18.9 Å². The molecule has 1 saturated carbocycles. The summed E-state index contributed by atoms with van der Waals surface area (Å²) in [6, 6.07) is 13.6. The van der Waals surface area contributed by atoms with E-state index in [9.17, 15) is 0 Å². The zero-order valence-corrected chi connectivity index (χ0v) is 13.4. The Morgan fingerprint density at radius 1 is 1.10 bits per heavy atom. The SMILES string of the molecule is CC1CCC(C(C)C)C([c-]2ccc3ccccc32)C1.[Li+]. The first-order chi connectivity index (χ1) is 9.16. The Kier molecular flexibility index (Phi) is 5.11. The summed E-state index contributed by atoms with van der Waals surface area (Å²) in [4.78, 5) is 0. The van der Waals surface area contributed by atoms with Crippen LogP contribution in [0, 0.1) is 17.8 Å². The van der Waals surface area contributed by atoms with Crippen molar-refractivity contribution in [1.29, 1.82) is 0 Å². The van der Waals surface area contributed by atoms with Gasteiger partial charge in [-0.25, -0.2) is 0 Å². The molecule has 2 aromatic carbocycles. The minimum atomic E-state index is 0. The fourth-order valence-corrected chi connectivity index (χ4v) is 4.06. The first kappa shape index (κ1) is 15.8. The van der Waals surface area contributed by atoms with Crippen LogP contribution in [0.15, 0.2) is 36.4 Å². The van der Waals surface area contributed by atoms with Crippen molar-refractivity contribution in [3.8, 4) is 0 Å². The van der Waals surface area contributed by atoms with Crippen LogP contribution in [0.25, 0.3) is 10.8 Å². The molecule has 102 valence electrons. The predicted octanol–water partition coefficient (Wildman–Crippen LogP) is 2.74. The third-order valence-electron chi connectivity index (χ3n) is 5.14. The molecule has 1 fully saturated rings. The average molecular weight is 260 g/mol. The molecule has 0 spiro atoms. The molecular formula is C19H25Li. The third kappa shape index (κ3) is 2.88. The Morgan fingerprint density at radius 2 is 1.85 bits per heavy atom. The van der Waals surface area contributed by atoms with Crippen molar-refractivity contribution in [2.75, 3.05) is 0 Å². The van der Waals surface area contributed by atoms with Gasteiger partial charge in [0.15, 0.2) is 0 Å². The zero-order chi connectivity index (χ0) is 13.4. The van der Waals surface area contributed by atoms with Crippen LogP contribution in [0.1, 0.15) is 51.5 Å². The average Bonchev–Trinajstić information content (AvgIpc) is 2.82. The van der Waals surface area contributed by atoms with Crippen molar-refractivity contribution in [1.82, 2.24) is 0 Å². The molecule has 3 rings (SSSR count). The topological polar surface area (TPSA) is 0 Å². The van der Waals surface area contributed by atoms with Gasteiger partial charge in [-0.1, -0.05) is 46.1 Å². The van der Waals surface area contributed by atoms with Gasteiger partial charge in [-0.15, -0.1) is 40.6 Å². The van der Waals surface area contributed by atoms with Gasteiger partial charge in [-0.05, 0) is 23.7 Å². The molecule has 2 aromatic rings. The fraction of sp³-hybridized carbons (Fsp3) is 0.526. The fourth-order valence-electron chi connectivity index (χ4n) is 4.06. The van der Waals surface area contributed by atoms with Gasteiger partial charge < -0.3 is 0 Å². The zero-order valence-electron chi connectivity index (χ0n) is 13.4. The minimum absolute atomic E-state index is 0. The summed E-state index contributed by atoms with van der Waals surface area (Å²) < 4.78 is 0. The molecule has 20 heavy (non-hydrogen) atoms. The van der Waals surface area contributed by atoms with Crippen LogP contribution >= 0.6 is 0 Å². The van der Waals surface area contributed by atoms with Gasteiger partial charge in [-0.3, -0.25) is 0 Å². The molecule has 0 nitrogen and oxygen atoms in total. The summed E-state index contributed by atoms with van der Waals surface area (Å²) in [5, 5.41) is 2.91. The molecule has 1 aliphatic carbocycles. The Labute approximate surface area is 135 Å². The Balaban J connectivity index is 0.00000147. The van der Waals surface area contributed by atoms with Crippen molar-refractivity contribution < 1.29 is 18.9 Å². The van der Waals surface area contributed by atoms with E-state index in [1.807, 2.05) is 0 Å². The molecule has 0 amide bonds. The molecule has 1 aliphatic rings. The van der Waals surface area contributed by atoms with E-state index in [1.54, 1.807) is 5.56 Å². The summed E-state index contributed by atoms with van der Waals surface area (Å²) in [6.45, 7) is 7.23. The van der Waals surface area contributed by atoms with E-state index in [2.05, 4.69) is 57.2 Å². The van der Waals surface area contributed by atoms with Crippen molar-refractivity contribution in [2.24, 2.45) is 17.8 Å². The number of rotatable bonds is 2. The molecule has 0 aromatic heterocycles.